The van der Waals surface area contributed by atoms with E-state index in [9.17, 15) is 4.39 Å². The van der Waals surface area contributed by atoms with E-state index in [1.165, 1.54) is 5.56 Å². The third-order valence-corrected chi connectivity index (χ3v) is 3.69. The van der Waals surface area contributed by atoms with Gasteiger partial charge in [0.25, 0.3) is 0 Å². The standard InChI is InChI=1S/C18H23FN2/c1-12-6-7-14(10-16(12)19)13(2)21-17-9-8-15(11-20-17)18(3,4)5/h6-11,13H,1-5H3,(H,20,21). The summed E-state index contributed by atoms with van der Waals surface area (Å²) in [6.45, 7) is 10.3. The lowest BCUT2D eigenvalue weighted by Gasteiger charge is -2.20. The number of rotatable bonds is 3. The summed E-state index contributed by atoms with van der Waals surface area (Å²) in [5, 5.41) is 3.31. The summed E-state index contributed by atoms with van der Waals surface area (Å²) in [5.41, 5.74) is 2.87. The van der Waals surface area contributed by atoms with Crippen molar-refractivity contribution in [1.29, 1.82) is 0 Å². The molecule has 1 aromatic heterocycles. The quantitative estimate of drug-likeness (QED) is 0.859. The van der Waals surface area contributed by atoms with Crippen LogP contribution in [-0.4, -0.2) is 4.98 Å². The zero-order chi connectivity index (χ0) is 15.6. The summed E-state index contributed by atoms with van der Waals surface area (Å²) in [7, 11) is 0. The Morgan fingerprint density at radius 3 is 2.38 bits per heavy atom. The molecule has 1 aromatic carbocycles. The molecule has 2 nitrogen and oxygen atoms in total. The number of aryl methyl sites for hydroxylation is 1. The van der Waals surface area contributed by atoms with Crippen molar-refractivity contribution in [2.24, 2.45) is 0 Å². The number of anilines is 1. The molecule has 0 radical (unpaired) electrons. The van der Waals surface area contributed by atoms with Crippen LogP contribution >= 0.6 is 0 Å². The van der Waals surface area contributed by atoms with Crippen LogP contribution < -0.4 is 5.32 Å². The molecule has 0 saturated carbocycles. The Morgan fingerprint density at radius 2 is 1.86 bits per heavy atom. The topological polar surface area (TPSA) is 24.9 Å². The molecule has 21 heavy (non-hydrogen) atoms. The molecule has 3 heteroatoms. The van der Waals surface area contributed by atoms with Gasteiger partial charge in [-0.2, -0.15) is 0 Å². The number of hydrogen-bond acceptors (Lipinski definition) is 2. The summed E-state index contributed by atoms with van der Waals surface area (Å²) in [6.07, 6.45) is 1.89. The Hall–Kier alpha value is -1.90. The molecule has 2 rings (SSSR count). The minimum atomic E-state index is -0.169. The lowest BCUT2D eigenvalue weighted by molar-refractivity contribution is 0.587. The Labute approximate surface area is 126 Å². The van der Waals surface area contributed by atoms with Crippen LogP contribution in [0.3, 0.4) is 0 Å². The summed E-state index contributed by atoms with van der Waals surface area (Å²) < 4.78 is 13.6. The fourth-order valence-corrected chi connectivity index (χ4v) is 2.11. The van der Waals surface area contributed by atoms with Crippen molar-refractivity contribution >= 4 is 5.82 Å². The van der Waals surface area contributed by atoms with E-state index >= 15 is 0 Å². The molecule has 112 valence electrons. The number of nitrogens with one attached hydrogen (secondary N) is 1. The molecule has 0 aliphatic heterocycles. The summed E-state index contributed by atoms with van der Waals surface area (Å²) in [5.74, 6) is 0.633. The van der Waals surface area contributed by atoms with E-state index in [1.54, 1.807) is 19.1 Å². The first-order valence-electron chi connectivity index (χ1n) is 7.26. The monoisotopic (exact) mass is 286 g/mol. The highest BCUT2D eigenvalue weighted by atomic mass is 19.1. The summed E-state index contributed by atoms with van der Waals surface area (Å²) in [6, 6.07) is 9.39. The van der Waals surface area contributed by atoms with Gasteiger partial charge in [-0.15, -0.1) is 0 Å². The number of nitrogens with zero attached hydrogens (tertiary/aromatic N) is 1. The van der Waals surface area contributed by atoms with Crippen LogP contribution in [0.5, 0.6) is 0 Å². The van der Waals surface area contributed by atoms with Crippen molar-refractivity contribution in [2.75, 3.05) is 5.32 Å². The van der Waals surface area contributed by atoms with Crippen LogP contribution in [0, 0.1) is 12.7 Å². The van der Waals surface area contributed by atoms with E-state index < -0.39 is 0 Å². The molecular weight excluding hydrogens is 263 g/mol. The lowest BCUT2D eigenvalue weighted by Crippen LogP contribution is -2.13. The van der Waals surface area contributed by atoms with Gasteiger partial charge < -0.3 is 5.32 Å². The second kappa shape index (κ2) is 5.84. The average Bonchev–Trinajstić information content (AvgIpc) is 2.41. The van der Waals surface area contributed by atoms with Crippen LogP contribution in [0.4, 0.5) is 10.2 Å². The fraction of sp³-hybridized carbons (Fsp3) is 0.389. The summed E-state index contributed by atoms with van der Waals surface area (Å²) >= 11 is 0. The molecule has 0 aliphatic rings. The van der Waals surface area contributed by atoms with Gasteiger partial charge >= 0.3 is 0 Å². The van der Waals surface area contributed by atoms with E-state index in [4.69, 9.17) is 0 Å². The molecule has 0 bridgehead atoms. The largest absolute Gasteiger partial charge is 0.364 e. The molecule has 0 saturated heterocycles. The van der Waals surface area contributed by atoms with Gasteiger partial charge in [-0.05, 0) is 48.1 Å². The van der Waals surface area contributed by atoms with Crippen LogP contribution in [0.25, 0.3) is 0 Å². The molecule has 0 fully saturated rings. The van der Waals surface area contributed by atoms with Crippen molar-refractivity contribution in [3.05, 3.63) is 59.0 Å². The lowest BCUT2D eigenvalue weighted by atomic mass is 9.88. The number of halogens is 1. The van der Waals surface area contributed by atoms with Crippen molar-refractivity contribution < 1.29 is 4.39 Å². The van der Waals surface area contributed by atoms with Gasteiger partial charge in [0, 0.05) is 6.20 Å². The van der Waals surface area contributed by atoms with Gasteiger partial charge in [0.05, 0.1) is 6.04 Å². The molecule has 0 amide bonds. The molecule has 1 heterocycles. The second-order valence-corrected chi connectivity index (χ2v) is 6.56. The van der Waals surface area contributed by atoms with Crippen molar-refractivity contribution in [3.8, 4) is 0 Å². The highest BCUT2D eigenvalue weighted by Crippen LogP contribution is 2.24. The molecule has 1 N–H and O–H groups in total. The van der Waals surface area contributed by atoms with Crippen LogP contribution in [0.15, 0.2) is 36.5 Å². The number of benzene rings is 1. The Kier molecular flexibility index (Phi) is 4.31. The third-order valence-electron chi connectivity index (χ3n) is 3.69. The minimum absolute atomic E-state index is 0.00749. The Bertz CT molecular complexity index is 612. The molecule has 0 aliphatic carbocycles. The molecule has 2 aromatic rings. The number of hydrogen-bond donors (Lipinski definition) is 1. The first-order valence-corrected chi connectivity index (χ1v) is 7.26. The predicted molar refractivity (Wildman–Crippen MR) is 86.1 cm³/mol. The van der Waals surface area contributed by atoms with Gasteiger partial charge in [-0.1, -0.05) is 39.0 Å². The van der Waals surface area contributed by atoms with E-state index in [2.05, 4.69) is 37.1 Å². The smallest absolute Gasteiger partial charge is 0.126 e. The van der Waals surface area contributed by atoms with Crippen molar-refractivity contribution in [2.45, 2.75) is 46.1 Å². The maximum Gasteiger partial charge on any atom is 0.126 e. The van der Waals surface area contributed by atoms with Crippen molar-refractivity contribution in [3.63, 3.8) is 0 Å². The highest BCUT2D eigenvalue weighted by molar-refractivity contribution is 5.40. The fourth-order valence-electron chi connectivity index (χ4n) is 2.11. The van der Waals surface area contributed by atoms with Crippen LogP contribution in [0.2, 0.25) is 0 Å². The van der Waals surface area contributed by atoms with Gasteiger partial charge in [-0.3, -0.25) is 0 Å². The molecule has 0 spiro atoms. The Balaban J connectivity index is 2.12. The third kappa shape index (κ3) is 3.81. The second-order valence-electron chi connectivity index (χ2n) is 6.56. The van der Waals surface area contributed by atoms with Gasteiger partial charge in [0.2, 0.25) is 0 Å². The zero-order valence-corrected chi connectivity index (χ0v) is 13.4. The summed E-state index contributed by atoms with van der Waals surface area (Å²) in [4.78, 5) is 4.45. The van der Waals surface area contributed by atoms with Crippen LogP contribution in [-0.2, 0) is 5.41 Å². The molecule has 1 unspecified atom stereocenters. The predicted octanol–water partition coefficient (Wildman–Crippen LogP) is 5.00. The first kappa shape index (κ1) is 15.5. The number of aromatic nitrogens is 1. The normalized spacial score (nSPS) is 13.0. The molecule has 1 atom stereocenters. The Morgan fingerprint density at radius 1 is 1.14 bits per heavy atom. The average molecular weight is 286 g/mol. The van der Waals surface area contributed by atoms with Gasteiger partial charge in [0.15, 0.2) is 0 Å². The van der Waals surface area contributed by atoms with Gasteiger partial charge in [0.1, 0.15) is 11.6 Å². The molecular formula is C18H23FN2. The minimum Gasteiger partial charge on any atom is -0.364 e. The van der Waals surface area contributed by atoms with Gasteiger partial charge in [-0.25, -0.2) is 9.37 Å². The first-order chi connectivity index (χ1) is 9.77. The number of pyridine rings is 1. The SMILES string of the molecule is Cc1ccc(C(C)Nc2ccc(C(C)(C)C)cn2)cc1F. The van der Waals surface area contributed by atoms with Crippen LogP contribution in [0.1, 0.15) is 50.4 Å². The maximum absolute atomic E-state index is 13.6. The zero-order valence-electron chi connectivity index (χ0n) is 13.4. The van der Waals surface area contributed by atoms with E-state index in [-0.39, 0.29) is 17.3 Å². The van der Waals surface area contributed by atoms with Crippen molar-refractivity contribution in [1.82, 2.24) is 4.98 Å². The maximum atomic E-state index is 13.6. The highest BCUT2D eigenvalue weighted by Gasteiger charge is 2.14. The van der Waals surface area contributed by atoms with E-state index in [1.807, 2.05) is 25.3 Å². The van der Waals surface area contributed by atoms with E-state index in [0.717, 1.165) is 11.4 Å². The van der Waals surface area contributed by atoms with E-state index in [0.29, 0.717) is 5.56 Å².